The molecule has 1 saturated heterocycles. The van der Waals surface area contributed by atoms with Gasteiger partial charge in [0.25, 0.3) is 5.91 Å². The van der Waals surface area contributed by atoms with E-state index in [0.717, 1.165) is 30.4 Å². The van der Waals surface area contributed by atoms with Crippen LogP contribution in [-0.2, 0) is 26.3 Å². The number of hydrogen-bond donors (Lipinski definition) is 3. The van der Waals surface area contributed by atoms with Crippen LogP contribution in [0.15, 0.2) is 67.1 Å². The van der Waals surface area contributed by atoms with Gasteiger partial charge in [-0.2, -0.15) is 0 Å². The molecule has 2 heterocycles. The summed E-state index contributed by atoms with van der Waals surface area (Å²) in [6.07, 6.45) is 7.16. The Morgan fingerprint density at radius 3 is 2.33 bits per heavy atom. The number of aromatic nitrogens is 2. The molecule has 4 N–H and O–H groups in total. The second kappa shape index (κ2) is 13.9. The first-order chi connectivity index (χ1) is 20.5. The molecule has 43 heavy (non-hydrogen) atoms. The molecule has 0 saturated carbocycles. The minimum absolute atomic E-state index is 0.0408. The minimum atomic E-state index is -1.09. The van der Waals surface area contributed by atoms with E-state index in [4.69, 9.17) is 10.5 Å². The maximum absolute atomic E-state index is 13.9. The number of rotatable bonds is 13. The van der Waals surface area contributed by atoms with Gasteiger partial charge >= 0.3 is 0 Å². The second-order valence-corrected chi connectivity index (χ2v) is 12.1. The van der Waals surface area contributed by atoms with Crippen LogP contribution in [0, 0.1) is 0 Å². The molecule has 1 fully saturated rings. The number of carbonyl (C=O) groups excluding carboxylic acids is 3. The number of methoxy groups -OCH3 is 1. The average molecular weight is 589 g/mol. The molecule has 0 radical (unpaired) electrons. The largest absolute Gasteiger partial charge is 0.497 e. The third-order valence-electron chi connectivity index (χ3n) is 7.88. The number of amides is 3. The van der Waals surface area contributed by atoms with Crippen molar-refractivity contribution >= 4 is 23.5 Å². The van der Waals surface area contributed by atoms with E-state index >= 15 is 0 Å². The molecule has 3 aromatic rings. The molecule has 2 aromatic carbocycles. The quantitative estimate of drug-likeness (QED) is 0.278. The first-order valence-electron chi connectivity index (χ1n) is 14.9. The molecule has 1 aromatic heterocycles. The second-order valence-electron chi connectivity index (χ2n) is 12.1. The number of hydrogen-bond acceptors (Lipinski definition) is 6. The average Bonchev–Trinajstić information content (AvgIpc) is 3.69. The zero-order valence-corrected chi connectivity index (χ0v) is 25.6. The van der Waals surface area contributed by atoms with Gasteiger partial charge in [-0.25, -0.2) is 4.98 Å². The fraction of sp³-hybridized carbons (Fsp3) is 0.455. The Morgan fingerprint density at radius 1 is 1.02 bits per heavy atom. The minimum Gasteiger partial charge on any atom is -0.497 e. The number of carbonyl (C=O) groups is 3. The van der Waals surface area contributed by atoms with Gasteiger partial charge in [-0.3, -0.25) is 14.4 Å². The van der Waals surface area contributed by atoms with E-state index in [0.29, 0.717) is 37.5 Å². The first-order valence-corrected chi connectivity index (χ1v) is 14.9. The van der Waals surface area contributed by atoms with Crippen LogP contribution in [0.25, 0.3) is 0 Å². The Morgan fingerprint density at radius 2 is 1.70 bits per heavy atom. The Bertz CT molecular complexity index is 1380. The third kappa shape index (κ3) is 8.22. The van der Waals surface area contributed by atoms with Crippen molar-refractivity contribution in [3.8, 4) is 5.75 Å². The number of imidazole rings is 1. The van der Waals surface area contributed by atoms with E-state index < -0.39 is 17.1 Å². The SMILES string of the molecule is COc1ccc(C(C)(C(=O)N2CCCC2)n2cnc(NC(=O)[C@@H](CCCc3ccccc3)NC(=O)CC(C)(C)N)c2)cc1. The lowest BCUT2D eigenvalue weighted by molar-refractivity contribution is -0.137. The summed E-state index contributed by atoms with van der Waals surface area (Å²) in [6.45, 7) is 6.81. The molecule has 0 aliphatic carbocycles. The van der Waals surface area contributed by atoms with Gasteiger partial charge in [0.15, 0.2) is 5.82 Å². The number of anilines is 1. The zero-order chi connectivity index (χ0) is 31.0. The van der Waals surface area contributed by atoms with Crippen LogP contribution >= 0.6 is 0 Å². The highest BCUT2D eigenvalue weighted by molar-refractivity contribution is 5.96. The normalized spacial score (nSPS) is 15.4. The molecule has 0 spiro atoms. The highest BCUT2D eigenvalue weighted by Gasteiger charge is 2.41. The van der Waals surface area contributed by atoms with Crippen LogP contribution < -0.4 is 21.1 Å². The monoisotopic (exact) mass is 588 g/mol. The molecule has 0 bridgehead atoms. The van der Waals surface area contributed by atoms with Crippen LogP contribution in [0.4, 0.5) is 5.82 Å². The van der Waals surface area contributed by atoms with E-state index in [-0.39, 0.29) is 24.1 Å². The summed E-state index contributed by atoms with van der Waals surface area (Å²) in [7, 11) is 1.60. The Hall–Kier alpha value is -4.18. The number of aryl methyl sites for hydroxylation is 1. The van der Waals surface area contributed by atoms with Gasteiger partial charge in [0.2, 0.25) is 11.8 Å². The number of nitrogens with two attached hydrogens (primary N) is 1. The third-order valence-corrected chi connectivity index (χ3v) is 7.88. The van der Waals surface area contributed by atoms with Gasteiger partial charge in [0, 0.05) is 31.2 Å². The molecule has 4 rings (SSSR count). The zero-order valence-electron chi connectivity index (χ0n) is 25.6. The highest BCUT2D eigenvalue weighted by atomic mass is 16.5. The lowest BCUT2D eigenvalue weighted by atomic mass is 9.90. The van der Waals surface area contributed by atoms with Gasteiger partial charge in [-0.1, -0.05) is 42.5 Å². The molecule has 1 aliphatic heterocycles. The first kappa shape index (κ1) is 31.7. The maximum Gasteiger partial charge on any atom is 0.253 e. The van der Waals surface area contributed by atoms with Crippen molar-refractivity contribution in [2.45, 2.75) is 76.4 Å². The molecule has 10 nitrogen and oxygen atoms in total. The smallest absolute Gasteiger partial charge is 0.253 e. The van der Waals surface area contributed by atoms with Crippen LogP contribution in [0.5, 0.6) is 5.75 Å². The summed E-state index contributed by atoms with van der Waals surface area (Å²) in [5.74, 6) is 0.276. The molecule has 1 unspecified atom stereocenters. The molecule has 10 heteroatoms. The lowest BCUT2D eigenvalue weighted by Gasteiger charge is -2.34. The fourth-order valence-corrected chi connectivity index (χ4v) is 5.45. The summed E-state index contributed by atoms with van der Waals surface area (Å²) in [4.78, 5) is 46.5. The summed E-state index contributed by atoms with van der Waals surface area (Å²) in [6, 6.07) is 16.6. The van der Waals surface area contributed by atoms with E-state index in [1.54, 1.807) is 38.0 Å². The van der Waals surface area contributed by atoms with Gasteiger partial charge in [0.05, 0.1) is 13.4 Å². The number of ether oxygens (including phenoxy) is 1. The van der Waals surface area contributed by atoms with Crippen LogP contribution in [0.2, 0.25) is 0 Å². The highest BCUT2D eigenvalue weighted by Crippen LogP contribution is 2.32. The van der Waals surface area contributed by atoms with Crippen molar-refractivity contribution in [1.82, 2.24) is 19.8 Å². The van der Waals surface area contributed by atoms with Crippen molar-refractivity contribution in [3.63, 3.8) is 0 Å². The molecule has 1 aliphatic rings. The Labute approximate surface area is 254 Å². The van der Waals surface area contributed by atoms with E-state index in [2.05, 4.69) is 15.6 Å². The number of likely N-dealkylation sites (tertiary alicyclic amines) is 1. The Kier molecular flexibility index (Phi) is 10.2. The number of benzene rings is 2. The summed E-state index contributed by atoms with van der Waals surface area (Å²) in [5, 5.41) is 5.74. The predicted octanol–water partition coefficient (Wildman–Crippen LogP) is 3.85. The topological polar surface area (TPSA) is 132 Å². The molecule has 3 amide bonds. The molecule has 230 valence electrons. The maximum atomic E-state index is 13.9. The van der Waals surface area contributed by atoms with Gasteiger partial charge in [0.1, 0.15) is 17.3 Å². The van der Waals surface area contributed by atoms with Gasteiger partial charge in [-0.05, 0) is 76.1 Å². The van der Waals surface area contributed by atoms with E-state index in [1.807, 2.05) is 66.4 Å². The predicted molar refractivity (Wildman–Crippen MR) is 167 cm³/mol. The standard InChI is InChI=1S/C33H44N6O4/c1-32(2,34)21-29(40)36-27(14-10-13-24-11-6-5-7-12-24)30(41)37-28-22-39(23-35-28)33(3,31(42)38-19-8-9-20-38)25-15-17-26(43-4)18-16-25/h5-7,11-12,15-18,22-23,27H,8-10,13-14,19-21,34H2,1-4H3,(H,36,40)(H,37,41)/t27-,33?/m1/s1. The summed E-state index contributed by atoms with van der Waals surface area (Å²) in [5.41, 5.74) is 6.19. The van der Waals surface area contributed by atoms with E-state index in [9.17, 15) is 14.4 Å². The van der Waals surface area contributed by atoms with Crippen molar-refractivity contribution in [2.75, 3.05) is 25.5 Å². The van der Waals surface area contributed by atoms with E-state index in [1.165, 1.54) is 0 Å². The number of nitrogens with zero attached hydrogens (tertiary/aromatic N) is 3. The fourth-order valence-electron chi connectivity index (χ4n) is 5.45. The van der Waals surface area contributed by atoms with Crippen LogP contribution in [0.3, 0.4) is 0 Å². The molecular weight excluding hydrogens is 544 g/mol. The van der Waals surface area contributed by atoms with Crippen molar-refractivity contribution < 1.29 is 19.1 Å². The van der Waals surface area contributed by atoms with Crippen LogP contribution in [-0.4, -0.2) is 64.0 Å². The molecular formula is C33H44N6O4. The van der Waals surface area contributed by atoms with Gasteiger partial charge < -0.3 is 30.6 Å². The van der Waals surface area contributed by atoms with Crippen molar-refractivity contribution in [1.29, 1.82) is 0 Å². The van der Waals surface area contributed by atoms with Crippen molar-refractivity contribution in [3.05, 3.63) is 78.2 Å². The lowest BCUT2D eigenvalue weighted by Crippen LogP contribution is -2.48. The van der Waals surface area contributed by atoms with Gasteiger partial charge in [-0.15, -0.1) is 0 Å². The van der Waals surface area contributed by atoms with Crippen LogP contribution in [0.1, 0.15) is 64.0 Å². The van der Waals surface area contributed by atoms with Crippen molar-refractivity contribution in [2.24, 2.45) is 5.73 Å². The number of nitrogens with one attached hydrogen (secondary N) is 2. The Balaban J connectivity index is 1.54. The summed E-state index contributed by atoms with van der Waals surface area (Å²) >= 11 is 0. The summed E-state index contributed by atoms with van der Waals surface area (Å²) < 4.78 is 7.07. The molecule has 2 atom stereocenters.